The Morgan fingerprint density at radius 1 is 1.43 bits per heavy atom. The Morgan fingerprint density at radius 3 is 2.64 bits per heavy atom. The van der Waals surface area contributed by atoms with Crippen molar-refractivity contribution in [2.45, 2.75) is 24.6 Å². The van der Waals surface area contributed by atoms with Crippen molar-refractivity contribution in [3.63, 3.8) is 0 Å². The summed E-state index contributed by atoms with van der Waals surface area (Å²) in [6, 6.07) is 0. The van der Waals surface area contributed by atoms with Crippen molar-refractivity contribution in [1.29, 1.82) is 0 Å². The quantitative estimate of drug-likeness (QED) is 0.676. The highest BCUT2D eigenvalue weighted by molar-refractivity contribution is 8.35. The number of carbonyl (C=O) groups is 1. The number of carbonyl (C=O) groups excluding carboxylic acids is 1. The summed E-state index contributed by atoms with van der Waals surface area (Å²) >= 11 is 0. The van der Waals surface area contributed by atoms with Crippen molar-refractivity contribution in [3.05, 3.63) is 0 Å². The average Bonchev–Trinajstić information content (AvgIpc) is 2.40. The average molecular weight is 216 g/mol. The summed E-state index contributed by atoms with van der Waals surface area (Å²) in [5.74, 6) is 2.25. The normalized spacial score (nSPS) is 40.6. The first kappa shape index (κ1) is 10.3. The molecule has 2 fully saturated rings. The van der Waals surface area contributed by atoms with Crippen LogP contribution in [0.15, 0.2) is 0 Å². The van der Waals surface area contributed by atoms with Gasteiger partial charge >= 0.3 is 0 Å². The van der Waals surface area contributed by atoms with Gasteiger partial charge in [0.05, 0.1) is 10.6 Å². The second-order valence-corrected chi connectivity index (χ2v) is 8.70. The Balaban J connectivity index is 2.26. The number of hydrogen-bond donors (Lipinski definition) is 2. The van der Waals surface area contributed by atoms with Crippen LogP contribution < -0.4 is 10.6 Å². The summed E-state index contributed by atoms with van der Waals surface area (Å²) in [5.41, 5.74) is 0. The number of rotatable bonds is 1. The number of nitrogens with one attached hydrogen (secondary N) is 2. The lowest BCUT2D eigenvalue weighted by molar-refractivity contribution is -0.118. The Hall–Kier alpha value is -0.220. The van der Waals surface area contributed by atoms with Crippen molar-refractivity contribution < 1.29 is 4.79 Å². The summed E-state index contributed by atoms with van der Waals surface area (Å²) in [7, 11) is -0.755. The predicted molar refractivity (Wildman–Crippen MR) is 61.9 cm³/mol. The van der Waals surface area contributed by atoms with Gasteiger partial charge in [0.15, 0.2) is 0 Å². The summed E-state index contributed by atoms with van der Waals surface area (Å²) in [6.07, 6.45) is 4.59. The summed E-state index contributed by atoms with van der Waals surface area (Å²) < 4.78 is 0. The van der Waals surface area contributed by atoms with Gasteiger partial charge in [-0.3, -0.25) is 4.79 Å². The SMILES string of the molecule is CCS1(C)CC(=O)NC12CCNCC2. The maximum atomic E-state index is 11.6. The smallest absolute Gasteiger partial charge is 0.229 e. The van der Waals surface area contributed by atoms with E-state index in [1.807, 2.05) is 0 Å². The minimum Gasteiger partial charge on any atom is -0.342 e. The molecule has 0 aromatic heterocycles. The predicted octanol–water partition coefficient (Wildman–Crippen LogP) is 0.650. The molecule has 0 bridgehead atoms. The van der Waals surface area contributed by atoms with Gasteiger partial charge in [-0.2, -0.15) is 0 Å². The van der Waals surface area contributed by atoms with E-state index in [4.69, 9.17) is 0 Å². The van der Waals surface area contributed by atoms with Gasteiger partial charge in [0.25, 0.3) is 0 Å². The summed E-state index contributed by atoms with van der Waals surface area (Å²) in [4.78, 5) is 11.8. The molecule has 2 aliphatic heterocycles. The highest BCUT2D eigenvalue weighted by Gasteiger charge is 2.50. The van der Waals surface area contributed by atoms with Crippen LogP contribution in [-0.4, -0.2) is 41.6 Å². The van der Waals surface area contributed by atoms with Crippen molar-refractivity contribution in [2.75, 3.05) is 30.9 Å². The van der Waals surface area contributed by atoms with Crippen molar-refractivity contribution in [3.8, 4) is 0 Å². The maximum Gasteiger partial charge on any atom is 0.229 e. The molecule has 0 aromatic rings. The molecule has 2 saturated heterocycles. The Labute approximate surface area is 87.3 Å². The fraction of sp³-hybridized carbons (Fsp3) is 0.900. The van der Waals surface area contributed by atoms with E-state index in [2.05, 4.69) is 23.8 Å². The van der Waals surface area contributed by atoms with Crippen LogP contribution in [0.1, 0.15) is 19.8 Å². The van der Waals surface area contributed by atoms with E-state index in [0.717, 1.165) is 31.7 Å². The van der Waals surface area contributed by atoms with Crippen LogP contribution in [0.4, 0.5) is 0 Å². The highest BCUT2D eigenvalue weighted by atomic mass is 32.3. The first-order chi connectivity index (χ1) is 6.62. The fourth-order valence-electron chi connectivity index (χ4n) is 2.67. The molecule has 0 radical (unpaired) electrons. The van der Waals surface area contributed by atoms with Crippen LogP contribution >= 0.6 is 10.0 Å². The van der Waals surface area contributed by atoms with Gasteiger partial charge in [-0.05, 0) is 37.9 Å². The summed E-state index contributed by atoms with van der Waals surface area (Å²) in [6.45, 7) is 4.35. The first-order valence-corrected chi connectivity index (χ1v) is 7.75. The van der Waals surface area contributed by atoms with E-state index in [0.29, 0.717) is 0 Å². The summed E-state index contributed by atoms with van der Waals surface area (Å²) in [5, 5.41) is 6.64. The third-order valence-corrected chi connectivity index (χ3v) is 8.38. The topological polar surface area (TPSA) is 41.1 Å². The second-order valence-electron chi connectivity index (χ2n) is 4.50. The fourth-order valence-corrected chi connectivity index (χ4v) is 5.90. The third-order valence-electron chi connectivity index (χ3n) is 3.81. The van der Waals surface area contributed by atoms with Crippen molar-refractivity contribution in [2.24, 2.45) is 0 Å². The first-order valence-electron chi connectivity index (χ1n) is 5.37. The van der Waals surface area contributed by atoms with Crippen molar-refractivity contribution >= 4 is 15.9 Å². The molecule has 1 amide bonds. The van der Waals surface area contributed by atoms with Gasteiger partial charge in [0.1, 0.15) is 0 Å². The van der Waals surface area contributed by atoms with Crippen LogP contribution in [0.3, 0.4) is 0 Å². The van der Waals surface area contributed by atoms with E-state index < -0.39 is 10.0 Å². The second kappa shape index (κ2) is 3.42. The van der Waals surface area contributed by atoms with Crippen LogP contribution in [0.5, 0.6) is 0 Å². The molecule has 2 N–H and O–H groups in total. The molecule has 2 aliphatic rings. The Morgan fingerprint density at radius 2 is 2.07 bits per heavy atom. The monoisotopic (exact) mass is 216 g/mol. The molecule has 2 heterocycles. The molecule has 0 aliphatic carbocycles. The van der Waals surface area contributed by atoms with Gasteiger partial charge in [0, 0.05) is 0 Å². The minimum atomic E-state index is -0.755. The van der Waals surface area contributed by atoms with Gasteiger partial charge in [-0.15, -0.1) is 0 Å². The zero-order valence-corrected chi connectivity index (χ0v) is 9.88. The van der Waals surface area contributed by atoms with Crippen LogP contribution in [0.25, 0.3) is 0 Å². The van der Waals surface area contributed by atoms with Gasteiger partial charge in [-0.1, -0.05) is 6.92 Å². The molecule has 1 unspecified atom stereocenters. The Bertz CT molecular complexity index is 251. The number of piperidine rings is 1. The third kappa shape index (κ3) is 1.36. The molecule has 1 atom stereocenters. The maximum absolute atomic E-state index is 11.6. The van der Waals surface area contributed by atoms with E-state index in [1.54, 1.807) is 0 Å². The molecule has 14 heavy (non-hydrogen) atoms. The van der Waals surface area contributed by atoms with E-state index in [-0.39, 0.29) is 10.8 Å². The Kier molecular flexibility index (Phi) is 2.52. The van der Waals surface area contributed by atoms with E-state index in [1.165, 1.54) is 5.75 Å². The molecule has 2 rings (SSSR count). The molecule has 4 heteroatoms. The molecule has 0 saturated carbocycles. The lowest BCUT2D eigenvalue weighted by Gasteiger charge is -2.49. The molecule has 82 valence electrons. The molecular formula is C10H20N2OS. The number of hydrogen-bond acceptors (Lipinski definition) is 2. The molecule has 0 aromatic carbocycles. The van der Waals surface area contributed by atoms with Gasteiger partial charge in [0.2, 0.25) is 5.91 Å². The molecule has 1 spiro atoms. The minimum absolute atomic E-state index is 0.171. The lowest BCUT2D eigenvalue weighted by atomic mass is 10.1. The zero-order valence-electron chi connectivity index (χ0n) is 9.06. The van der Waals surface area contributed by atoms with Gasteiger partial charge in [-0.25, -0.2) is 10.0 Å². The van der Waals surface area contributed by atoms with Crippen LogP contribution in [0.2, 0.25) is 0 Å². The number of amides is 1. The largest absolute Gasteiger partial charge is 0.342 e. The highest BCUT2D eigenvalue weighted by Crippen LogP contribution is 2.61. The van der Waals surface area contributed by atoms with Crippen LogP contribution in [0, 0.1) is 0 Å². The lowest BCUT2D eigenvalue weighted by Crippen LogP contribution is -2.51. The van der Waals surface area contributed by atoms with Crippen LogP contribution in [-0.2, 0) is 4.79 Å². The van der Waals surface area contributed by atoms with E-state index in [9.17, 15) is 4.79 Å². The standard InChI is InChI=1S/C10H20N2OS/c1-3-14(2)8-9(13)12-10(14)4-6-11-7-5-10/h11H,3-8H2,1-2H3,(H,12,13). The zero-order chi connectivity index (χ0) is 10.2. The molecule has 3 nitrogen and oxygen atoms in total. The molecular weight excluding hydrogens is 196 g/mol. The van der Waals surface area contributed by atoms with Gasteiger partial charge < -0.3 is 10.6 Å². The van der Waals surface area contributed by atoms with E-state index >= 15 is 0 Å². The van der Waals surface area contributed by atoms with Crippen molar-refractivity contribution in [1.82, 2.24) is 10.6 Å².